The molecule has 0 aliphatic heterocycles. The van der Waals surface area contributed by atoms with Crippen molar-refractivity contribution in [1.29, 1.82) is 0 Å². The van der Waals surface area contributed by atoms with Gasteiger partial charge in [0.05, 0.1) is 16.0 Å². The van der Waals surface area contributed by atoms with Gasteiger partial charge in [-0.1, -0.05) is 24.1 Å². The quantitative estimate of drug-likeness (QED) is 0.898. The highest BCUT2D eigenvalue weighted by Gasteiger charge is 2.46. The Balaban J connectivity index is 1.75. The molecule has 0 spiro atoms. The number of hydrogen-bond donors (Lipinski definition) is 2. The van der Waals surface area contributed by atoms with Crippen LogP contribution in [0.15, 0.2) is 36.8 Å². The summed E-state index contributed by atoms with van der Waals surface area (Å²) in [5.41, 5.74) is 0.162. The van der Waals surface area contributed by atoms with Crippen LogP contribution in [0, 0.1) is 0 Å². The van der Waals surface area contributed by atoms with Gasteiger partial charge in [0, 0.05) is 18.6 Å². The zero-order chi connectivity index (χ0) is 16.4. The number of halogens is 1. The standard InChI is InChI=1S/C16H14ClN3O3/c17-12-6-10(7-18-9-12)14(21)20-13-3-2-11(8-19-13)16(15(22)23)4-1-5-16/h2-3,6-9H,1,4-5H2,(H,22,23)(H,19,20,21). The molecule has 2 aromatic rings. The van der Waals surface area contributed by atoms with Gasteiger partial charge in [0.1, 0.15) is 5.82 Å². The summed E-state index contributed by atoms with van der Waals surface area (Å²) >= 11 is 5.80. The van der Waals surface area contributed by atoms with Crippen LogP contribution >= 0.6 is 11.6 Å². The molecule has 6 nitrogen and oxygen atoms in total. The average molecular weight is 332 g/mol. The number of anilines is 1. The second-order valence-corrected chi connectivity index (χ2v) is 5.96. The molecule has 3 rings (SSSR count). The number of carbonyl (C=O) groups excluding carboxylic acids is 1. The van der Waals surface area contributed by atoms with E-state index >= 15 is 0 Å². The number of pyridine rings is 2. The summed E-state index contributed by atoms with van der Waals surface area (Å²) in [6.45, 7) is 0. The summed E-state index contributed by atoms with van der Waals surface area (Å²) in [4.78, 5) is 31.5. The maximum Gasteiger partial charge on any atom is 0.314 e. The first-order chi connectivity index (χ1) is 11.0. The number of amides is 1. The minimum Gasteiger partial charge on any atom is -0.481 e. The lowest BCUT2D eigenvalue weighted by Gasteiger charge is -2.37. The van der Waals surface area contributed by atoms with E-state index in [0.29, 0.717) is 34.8 Å². The molecule has 23 heavy (non-hydrogen) atoms. The summed E-state index contributed by atoms with van der Waals surface area (Å²) in [6.07, 6.45) is 6.48. The Labute approximate surface area is 137 Å². The largest absolute Gasteiger partial charge is 0.481 e. The SMILES string of the molecule is O=C(Nc1ccc(C2(C(=O)O)CCC2)cn1)c1cncc(Cl)c1. The summed E-state index contributed by atoms with van der Waals surface area (Å²) in [5.74, 6) is -0.859. The van der Waals surface area contributed by atoms with Crippen LogP contribution in [0.3, 0.4) is 0 Å². The third-order valence-electron chi connectivity index (χ3n) is 4.14. The predicted molar refractivity (Wildman–Crippen MR) is 84.6 cm³/mol. The molecule has 2 aromatic heterocycles. The molecule has 2 heterocycles. The Morgan fingerprint density at radius 2 is 2.00 bits per heavy atom. The number of carboxylic acid groups (broad SMARTS) is 1. The summed E-state index contributed by atoms with van der Waals surface area (Å²) in [7, 11) is 0. The van der Waals surface area contributed by atoms with E-state index in [1.807, 2.05) is 0 Å². The molecule has 1 amide bonds. The minimum absolute atomic E-state index is 0.323. The van der Waals surface area contributed by atoms with Crippen molar-refractivity contribution < 1.29 is 14.7 Å². The number of nitrogens with zero attached hydrogens (tertiary/aromatic N) is 2. The van der Waals surface area contributed by atoms with Crippen LogP contribution in [0.25, 0.3) is 0 Å². The van der Waals surface area contributed by atoms with Gasteiger partial charge < -0.3 is 10.4 Å². The van der Waals surface area contributed by atoms with Crippen molar-refractivity contribution in [3.8, 4) is 0 Å². The van der Waals surface area contributed by atoms with E-state index in [1.54, 1.807) is 12.1 Å². The number of aromatic nitrogens is 2. The highest BCUT2D eigenvalue weighted by Crippen LogP contribution is 2.43. The number of aliphatic carboxylic acids is 1. The number of nitrogens with one attached hydrogen (secondary N) is 1. The fourth-order valence-electron chi connectivity index (χ4n) is 2.63. The number of hydrogen-bond acceptors (Lipinski definition) is 4. The van der Waals surface area contributed by atoms with Gasteiger partial charge in [-0.15, -0.1) is 0 Å². The fraction of sp³-hybridized carbons (Fsp3) is 0.250. The van der Waals surface area contributed by atoms with Gasteiger partial charge >= 0.3 is 5.97 Å². The van der Waals surface area contributed by atoms with E-state index in [4.69, 9.17) is 11.6 Å². The maximum atomic E-state index is 12.1. The van der Waals surface area contributed by atoms with Crippen molar-refractivity contribution in [3.05, 3.63) is 52.9 Å². The van der Waals surface area contributed by atoms with Crippen molar-refractivity contribution in [3.63, 3.8) is 0 Å². The normalized spacial score (nSPS) is 15.5. The van der Waals surface area contributed by atoms with Gasteiger partial charge in [-0.2, -0.15) is 0 Å². The van der Waals surface area contributed by atoms with Crippen LogP contribution in [-0.2, 0) is 10.2 Å². The Hall–Kier alpha value is -2.47. The molecule has 1 aliphatic carbocycles. The third-order valence-corrected chi connectivity index (χ3v) is 4.35. The van der Waals surface area contributed by atoms with E-state index < -0.39 is 11.4 Å². The predicted octanol–water partition coefficient (Wildman–Crippen LogP) is 2.89. The minimum atomic E-state index is -0.827. The van der Waals surface area contributed by atoms with E-state index in [0.717, 1.165) is 6.42 Å². The number of carbonyl (C=O) groups is 2. The van der Waals surface area contributed by atoms with Crippen molar-refractivity contribution >= 4 is 29.3 Å². The second kappa shape index (κ2) is 5.96. The van der Waals surface area contributed by atoms with Crippen molar-refractivity contribution in [2.75, 3.05) is 5.32 Å². The van der Waals surface area contributed by atoms with Gasteiger partial charge in [0.2, 0.25) is 0 Å². The van der Waals surface area contributed by atoms with E-state index in [-0.39, 0.29) is 5.91 Å². The number of carboxylic acids is 1. The van der Waals surface area contributed by atoms with Crippen LogP contribution in [0.4, 0.5) is 5.82 Å². The highest BCUT2D eigenvalue weighted by molar-refractivity contribution is 6.30. The Morgan fingerprint density at radius 1 is 1.22 bits per heavy atom. The van der Waals surface area contributed by atoms with Crippen LogP contribution < -0.4 is 5.32 Å². The van der Waals surface area contributed by atoms with Gasteiger partial charge in [-0.05, 0) is 30.5 Å². The maximum absolute atomic E-state index is 12.1. The van der Waals surface area contributed by atoms with Crippen molar-refractivity contribution in [2.24, 2.45) is 0 Å². The lowest BCUT2D eigenvalue weighted by Crippen LogP contribution is -2.42. The van der Waals surface area contributed by atoms with Crippen LogP contribution in [-0.4, -0.2) is 27.0 Å². The molecule has 0 saturated heterocycles. The van der Waals surface area contributed by atoms with Gasteiger partial charge in [0.15, 0.2) is 0 Å². The average Bonchev–Trinajstić information content (AvgIpc) is 2.47. The molecule has 1 saturated carbocycles. The molecule has 0 aromatic carbocycles. The number of rotatable bonds is 4. The van der Waals surface area contributed by atoms with Crippen LogP contribution in [0.5, 0.6) is 0 Å². The molecule has 118 valence electrons. The molecule has 1 fully saturated rings. The summed E-state index contributed by atoms with van der Waals surface area (Å²) in [5, 5.41) is 12.4. The summed E-state index contributed by atoms with van der Waals surface area (Å²) in [6, 6.07) is 4.81. The molecule has 0 bridgehead atoms. The Morgan fingerprint density at radius 3 is 2.52 bits per heavy atom. The zero-order valence-electron chi connectivity index (χ0n) is 12.1. The fourth-order valence-corrected chi connectivity index (χ4v) is 2.81. The molecule has 0 unspecified atom stereocenters. The molecule has 0 radical (unpaired) electrons. The Bertz CT molecular complexity index is 757. The smallest absolute Gasteiger partial charge is 0.314 e. The first-order valence-electron chi connectivity index (χ1n) is 7.13. The van der Waals surface area contributed by atoms with Crippen LogP contribution in [0.2, 0.25) is 5.02 Å². The van der Waals surface area contributed by atoms with Crippen molar-refractivity contribution in [2.45, 2.75) is 24.7 Å². The third kappa shape index (κ3) is 2.90. The lowest BCUT2D eigenvalue weighted by atomic mass is 9.65. The first kappa shape index (κ1) is 15.4. The monoisotopic (exact) mass is 331 g/mol. The summed E-state index contributed by atoms with van der Waals surface area (Å²) < 4.78 is 0. The zero-order valence-corrected chi connectivity index (χ0v) is 12.9. The van der Waals surface area contributed by atoms with E-state index in [2.05, 4.69) is 15.3 Å². The van der Waals surface area contributed by atoms with Gasteiger partial charge in [-0.25, -0.2) is 4.98 Å². The lowest BCUT2D eigenvalue weighted by molar-refractivity contribution is -0.147. The van der Waals surface area contributed by atoms with Crippen LogP contribution in [0.1, 0.15) is 35.2 Å². The van der Waals surface area contributed by atoms with Crippen molar-refractivity contribution in [1.82, 2.24) is 9.97 Å². The molecule has 0 atom stereocenters. The molecule has 1 aliphatic rings. The molecular weight excluding hydrogens is 318 g/mol. The molecular formula is C16H14ClN3O3. The van der Waals surface area contributed by atoms with E-state index in [1.165, 1.54) is 24.7 Å². The first-order valence-corrected chi connectivity index (χ1v) is 7.51. The second-order valence-electron chi connectivity index (χ2n) is 5.52. The Kier molecular flexibility index (Phi) is 4.00. The highest BCUT2D eigenvalue weighted by atomic mass is 35.5. The molecule has 2 N–H and O–H groups in total. The molecule has 7 heteroatoms. The van der Waals surface area contributed by atoms with Gasteiger partial charge in [-0.3, -0.25) is 14.6 Å². The van der Waals surface area contributed by atoms with Gasteiger partial charge in [0.25, 0.3) is 5.91 Å². The topological polar surface area (TPSA) is 92.2 Å². The van der Waals surface area contributed by atoms with E-state index in [9.17, 15) is 14.7 Å².